The van der Waals surface area contributed by atoms with Crippen LogP contribution in [-0.2, 0) is 0 Å². The fraction of sp³-hybridized carbons (Fsp3) is 0.167. The molecule has 7 heteroatoms. The summed E-state index contributed by atoms with van der Waals surface area (Å²) in [4.78, 5) is 27.5. The molecule has 3 aromatic rings. The van der Waals surface area contributed by atoms with Crippen LogP contribution in [0.3, 0.4) is 0 Å². The third-order valence-corrected chi connectivity index (χ3v) is 3.54. The molecule has 1 atom stereocenters. The van der Waals surface area contributed by atoms with E-state index in [0.717, 1.165) is 11.1 Å². The van der Waals surface area contributed by atoms with Gasteiger partial charge in [0.05, 0.1) is 11.1 Å². The molecule has 0 saturated carbocycles. The van der Waals surface area contributed by atoms with Gasteiger partial charge in [-0.05, 0) is 37.1 Å². The molecule has 0 saturated heterocycles. The Morgan fingerprint density at radius 1 is 1.48 bits per heavy atom. The number of hydrogen-bond donors (Lipinski definition) is 2. The largest absolute Gasteiger partial charge is 0.347 e. The van der Waals surface area contributed by atoms with Gasteiger partial charge in [0, 0.05) is 24.6 Å². The average Bonchev–Trinajstić information content (AvgIpc) is 3.06. The number of pyridine rings is 2. The SMILES string of the molecule is C[C@@H](C/C=C/c1cncc(C#N)c1)NC(=O)c1nc2ncccc2[nH]1. The number of carbonyl (C=O) groups is 1. The van der Waals surface area contributed by atoms with Crippen molar-refractivity contribution in [1.29, 1.82) is 5.26 Å². The maximum Gasteiger partial charge on any atom is 0.287 e. The van der Waals surface area contributed by atoms with E-state index in [9.17, 15) is 4.79 Å². The number of imidazole rings is 1. The maximum absolute atomic E-state index is 12.2. The van der Waals surface area contributed by atoms with Crippen molar-refractivity contribution in [3.8, 4) is 6.07 Å². The third kappa shape index (κ3) is 4.06. The van der Waals surface area contributed by atoms with Crippen molar-refractivity contribution in [2.75, 3.05) is 0 Å². The number of nitrogens with one attached hydrogen (secondary N) is 2. The van der Waals surface area contributed by atoms with Crippen LogP contribution in [0.15, 0.2) is 42.9 Å². The molecule has 0 aliphatic heterocycles. The Kier molecular flexibility index (Phi) is 4.81. The highest BCUT2D eigenvalue weighted by molar-refractivity contribution is 5.93. The topological polar surface area (TPSA) is 107 Å². The summed E-state index contributed by atoms with van der Waals surface area (Å²) in [7, 11) is 0. The molecule has 1 amide bonds. The molecule has 0 unspecified atom stereocenters. The van der Waals surface area contributed by atoms with Crippen molar-refractivity contribution in [2.24, 2.45) is 0 Å². The van der Waals surface area contributed by atoms with Crippen LogP contribution in [0.25, 0.3) is 17.2 Å². The minimum Gasteiger partial charge on any atom is -0.347 e. The van der Waals surface area contributed by atoms with Gasteiger partial charge in [0.1, 0.15) is 6.07 Å². The van der Waals surface area contributed by atoms with E-state index in [1.165, 1.54) is 6.20 Å². The first-order valence-electron chi connectivity index (χ1n) is 7.79. The van der Waals surface area contributed by atoms with Crippen LogP contribution < -0.4 is 5.32 Å². The smallest absolute Gasteiger partial charge is 0.287 e. The lowest BCUT2D eigenvalue weighted by molar-refractivity contribution is 0.0931. The first-order valence-corrected chi connectivity index (χ1v) is 7.79. The second kappa shape index (κ2) is 7.36. The summed E-state index contributed by atoms with van der Waals surface area (Å²) in [6, 6.07) is 7.34. The van der Waals surface area contributed by atoms with Crippen molar-refractivity contribution in [3.63, 3.8) is 0 Å². The van der Waals surface area contributed by atoms with Gasteiger partial charge in [0.25, 0.3) is 5.91 Å². The fourth-order valence-electron chi connectivity index (χ4n) is 2.32. The van der Waals surface area contributed by atoms with Gasteiger partial charge < -0.3 is 10.3 Å². The molecular formula is C18H16N6O. The van der Waals surface area contributed by atoms with Gasteiger partial charge in [-0.2, -0.15) is 5.26 Å². The van der Waals surface area contributed by atoms with E-state index in [-0.39, 0.29) is 17.8 Å². The highest BCUT2D eigenvalue weighted by atomic mass is 16.2. The number of fused-ring (bicyclic) bond motifs is 1. The summed E-state index contributed by atoms with van der Waals surface area (Å²) in [6.07, 6.45) is 9.28. The normalized spacial score (nSPS) is 12.2. The predicted octanol–water partition coefficient (Wildman–Crippen LogP) is 2.45. The number of rotatable bonds is 5. The van der Waals surface area contributed by atoms with E-state index >= 15 is 0 Å². The molecule has 2 N–H and O–H groups in total. The Bertz CT molecular complexity index is 936. The average molecular weight is 332 g/mol. The number of H-pyrrole nitrogens is 1. The monoisotopic (exact) mass is 332 g/mol. The minimum atomic E-state index is -0.271. The molecule has 3 aromatic heterocycles. The number of nitriles is 1. The zero-order valence-electron chi connectivity index (χ0n) is 13.6. The molecule has 0 spiro atoms. The Hall–Kier alpha value is -3.53. The van der Waals surface area contributed by atoms with E-state index in [4.69, 9.17) is 5.26 Å². The molecule has 25 heavy (non-hydrogen) atoms. The van der Waals surface area contributed by atoms with Gasteiger partial charge in [0.2, 0.25) is 0 Å². The van der Waals surface area contributed by atoms with Crippen molar-refractivity contribution < 1.29 is 4.79 Å². The van der Waals surface area contributed by atoms with Crippen LogP contribution in [0.1, 0.15) is 35.1 Å². The van der Waals surface area contributed by atoms with Crippen molar-refractivity contribution in [1.82, 2.24) is 25.3 Å². The van der Waals surface area contributed by atoms with E-state index in [1.807, 2.05) is 25.1 Å². The number of nitrogens with zero attached hydrogens (tertiary/aromatic N) is 4. The van der Waals surface area contributed by atoms with Gasteiger partial charge >= 0.3 is 0 Å². The molecule has 0 fully saturated rings. The van der Waals surface area contributed by atoms with E-state index < -0.39 is 0 Å². The molecular weight excluding hydrogens is 316 g/mol. The maximum atomic E-state index is 12.2. The van der Waals surface area contributed by atoms with Gasteiger partial charge in [-0.15, -0.1) is 0 Å². The van der Waals surface area contributed by atoms with Crippen molar-refractivity contribution in [2.45, 2.75) is 19.4 Å². The Balaban J connectivity index is 1.58. The van der Waals surface area contributed by atoms with E-state index in [1.54, 1.807) is 24.5 Å². The number of aromatic amines is 1. The van der Waals surface area contributed by atoms with Crippen LogP contribution in [0.2, 0.25) is 0 Å². The van der Waals surface area contributed by atoms with Gasteiger partial charge in [-0.1, -0.05) is 12.2 Å². The van der Waals surface area contributed by atoms with Crippen LogP contribution in [0, 0.1) is 11.3 Å². The molecule has 7 nitrogen and oxygen atoms in total. The lowest BCUT2D eigenvalue weighted by atomic mass is 10.1. The lowest BCUT2D eigenvalue weighted by Crippen LogP contribution is -2.32. The van der Waals surface area contributed by atoms with Crippen LogP contribution in [0.5, 0.6) is 0 Å². The van der Waals surface area contributed by atoms with Crippen LogP contribution >= 0.6 is 0 Å². The molecule has 0 aromatic carbocycles. The van der Waals surface area contributed by atoms with Gasteiger partial charge in [0.15, 0.2) is 11.5 Å². The highest BCUT2D eigenvalue weighted by Crippen LogP contribution is 2.08. The lowest BCUT2D eigenvalue weighted by Gasteiger charge is -2.10. The number of aromatic nitrogens is 4. The summed E-state index contributed by atoms with van der Waals surface area (Å²) in [5.74, 6) is -0.0255. The zero-order valence-corrected chi connectivity index (χ0v) is 13.6. The molecule has 0 aliphatic rings. The quantitative estimate of drug-likeness (QED) is 0.746. The van der Waals surface area contributed by atoms with E-state index in [2.05, 4.69) is 31.3 Å². The number of carbonyl (C=O) groups excluding carboxylic acids is 1. The second-order valence-electron chi connectivity index (χ2n) is 5.59. The summed E-state index contributed by atoms with van der Waals surface area (Å²) >= 11 is 0. The summed E-state index contributed by atoms with van der Waals surface area (Å²) in [6.45, 7) is 1.91. The molecule has 124 valence electrons. The highest BCUT2D eigenvalue weighted by Gasteiger charge is 2.13. The number of hydrogen-bond acceptors (Lipinski definition) is 5. The fourth-order valence-corrected chi connectivity index (χ4v) is 2.32. The molecule has 3 heterocycles. The van der Waals surface area contributed by atoms with Gasteiger partial charge in [-0.3, -0.25) is 9.78 Å². The first kappa shape index (κ1) is 16.3. The van der Waals surface area contributed by atoms with Crippen LogP contribution in [-0.4, -0.2) is 31.9 Å². The second-order valence-corrected chi connectivity index (χ2v) is 5.59. The third-order valence-electron chi connectivity index (χ3n) is 3.54. The first-order chi connectivity index (χ1) is 12.2. The van der Waals surface area contributed by atoms with E-state index in [0.29, 0.717) is 17.6 Å². The zero-order chi connectivity index (χ0) is 17.6. The minimum absolute atomic E-state index is 0.0722. The predicted molar refractivity (Wildman–Crippen MR) is 93.4 cm³/mol. The summed E-state index contributed by atoms with van der Waals surface area (Å²) in [5.41, 5.74) is 2.61. The summed E-state index contributed by atoms with van der Waals surface area (Å²) < 4.78 is 0. The number of amides is 1. The van der Waals surface area contributed by atoms with Crippen molar-refractivity contribution in [3.05, 3.63) is 59.8 Å². The molecule has 0 bridgehead atoms. The Labute approximate surface area is 144 Å². The summed E-state index contributed by atoms with van der Waals surface area (Å²) in [5, 5.41) is 11.7. The Morgan fingerprint density at radius 2 is 2.36 bits per heavy atom. The van der Waals surface area contributed by atoms with Gasteiger partial charge in [-0.25, -0.2) is 9.97 Å². The molecule has 0 aliphatic carbocycles. The Morgan fingerprint density at radius 3 is 3.16 bits per heavy atom. The molecule has 3 rings (SSSR count). The molecule has 0 radical (unpaired) electrons. The van der Waals surface area contributed by atoms with Crippen LogP contribution in [0.4, 0.5) is 0 Å². The van der Waals surface area contributed by atoms with Crippen molar-refractivity contribution >= 4 is 23.1 Å². The standard InChI is InChI=1S/C18H16N6O/c1-12(4-2-5-13-8-14(9-19)11-20-10-13)22-18(25)17-23-15-6-3-7-21-16(15)24-17/h2-3,5-8,10-12H,4H2,1H3,(H,22,25)(H,21,23,24)/b5-2+/t12-/m0/s1.